The van der Waals surface area contributed by atoms with Crippen molar-refractivity contribution in [2.45, 2.75) is 26.8 Å². The van der Waals surface area contributed by atoms with Crippen molar-refractivity contribution < 1.29 is 29.3 Å². The third-order valence-corrected chi connectivity index (χ3v) is 6.23. The predicted molar refractivity (Wildman–Crippen MR) is 129 cm³/mol. The summed E-state index contributed by atoms with van der Waals surface area (Å²) in [7, 11) is 2.99. The lowest BCUT2D eigenvalue weighted by atomic mass is 9.93. The SMILES string of the molecule is CCN(CC)CCN1C(=O)C(=O)C(=C(O)c2cc(C)ccc2O)[C@@H]1c1cccc(OC)c1OC. The summed E-state index contributed by atoms with van der Waals surface area (Å²) < 4.78 is 11.0. The van der Waals surface area contributed by atoms with Gasteiger partial charge in [-0.3, -0.25) is 9.59 Å². The lowest BCUT2D eigenvalue weighted by molar-refractivity contribution is -0.140. The Morgan fingerprint density at radius 1 is 1.09 bits per heavy atom. The highest BCUT2D eigenvalue weighted by molar-refractivity contribution is 6.46. The number of benzene rings is 2. The number of likely N-dealkylation sites (N-methyl/N-ethyl adjacent to an activating group) is 1. The molecule has 2 aromatic carbocycles. The fraction of sp³-hybridized carbons (Fsp3) is 0.385. The highest BCUT2D eigenvalue weighted by Gasteiger charge is 2.47. The number of carbonyl (C=O) groups is 2. The van der Waals surface area contributed by atoms with Crippen LogP contribution >= 0.6 is 0 Å². The van der Waals surface area contributed by atoms with Gasteiger partial charge in [0.1, 0.15) is 11.5 Å². The molecule has 1 heterocycles. The molecule has 0 unspecified atom stereocenters. The summed E-state index contributed by atoms with van der Waals surface area (Å²) in [6.07, 6.45) is 0. The number of Topliss-reactive ketones (excluding diaryl/α,β-unsaturated/α-hetero) is 1. The van der Waals surface area contributed by atoms with Crippen molar-refractivity contribution in [3.63, 3.8) is 0 Å². The number of ether oxygens (including phenoxy) is 2. The summed E-state index contributed by atoms with van der Waals surface area (Å²) in [4.78, 5) is 30.1. The molecule has 0 radical (unpaired) electrons. The van der Waals surface area contributed by atoms with Gasteiger partial charge in [-0.2, -0.15) is 0 Å². The van der Waals surface area contributed by atoms with E-state index in [2.05, 4.69) is 4.90 Å². The summed E-state index contributed by atoms with van der Waals surface area (Å²) in [6, 6.07) is 9.00. The molecule has 1 fully saturated rings. The van der Waals surface area contributed by atoms with Gasteiger partial charge in [-0.15, -0.1) is 0 Å². The molecule has 0 saturated carbocycles. The van der Waals surface area contributed by atoms with Crippen molar-refractivity contribution >= 4 is 17.4 Å². The monoisotopic (exact) mass is 468 g/mol. The molecule has 8 nitrogen and oxygen atoms in total. The van der Waals surface area contributed by atoms with Crippen molar-refractivity contribution in [2.24, 2.45) is 0 Å². The van der Waals surface area contributed by atoms with Gasteiger partial charge in [0, 0.05) is 18.7 Å². The molecule has 34 heavy (non-hydrogen) atoms. The molecule has 182 valence electrons. The summed E-state index contributed by atoms with van der Waals surface area (Å²) in [6.45, 7) is 8.28. The number of aryl methyl sites for hydroxylation is 1. The van der Waals surface area contributed by atoms with E-state index in [0.717, 1.165) is 18.7 Å². The topological polar surface area (TPSA) is 99.5 Å². The number of phenolic OH excluding ortho intramolecular Hbond substituents is 1. The number of hydrogen-bond acceptors (Lipinski definition) is 7. The van der Waals surface area contributed by atoms with E-state index in [9.17, 15) is 19.8 Å². The number of methoxy groups -OCH3 is 2. The summed E-state index contributed by atoms with van der Waals surface area (Å²) in [5, 5.41) is 21.7. The number of nitrogens with zero attached hydrogens (tertiary/aromatic N) is 2. The maximum absolute atomic E-state index is 13.3. The van der Waals surface area contributed by atoms with E-state index >= 15 is 0 Å². The second kappa shape index (κ2) is 10.6. The van der Waals surface area contributed by atoms with E-state index in [1.54, 1.807) is 30.3 Å². The van der Waals surface area contributed by atoms with E-state index in [-0.39, 0.29) is 23.4 Å². The van der Waals surface area contributed by atoms with Crippen LogP contribution in [-0.2, 0) is 9.59 Å². The number of carbonyl (C=O) groups excluding carboxylic acids is 2. The van der Waals surface area contributed by atoms with Crippen LogP contribution < -0.4 is 9.47 Å². The van der Waals surface area contributed by atoms with Gasteiger partial charge in [0.15, 0.2) is 11.5 Å². The normalized spacial score (nSPS) is 17.5. The van der Waals surface area contributed by atoms with Crippen LogP contribution in [0.5, 0.6) is 17.2 Å². The largest absolute Gasteiger partial charge is 0.507 e. The number of aliphatic hydroxyl groups is 1. The Morgan fingerprint density at radius 3 is 2.41 bits per heavy atom. The first-order valence-corrected chi connectivity index (χ1v) is 11.3. The Hall–Kier alpha value is -3.52. The van der Waals surface area contributed by atoms with E-state index in [1.165, 1.54) is 25.2 Å². The molecule has 1 saturated heterocycles. The average Bonchev–Trinajstić information content (AvgIpc) is 3.09. The Bertz CT molecular complexity index is 1110. The number of phenols is 1. The fourth-order valence-electron chi connectivity index (χ4n) is 4.33. The van der Waals surface area contributed by atoms with Gasteiger partial charge in [0.2, 0.25) is 0 Å². The minimum Gasteiger partial charge on any atom is -0.507 e. The minimum absolute atomic E-state index is 0.0913. The predicted octanol–water partition coefficient (Wildman–Crippen LogP) is 3.48. The maximum Gasteiger partial charge on any atom is 0.295 e. The summed E-state index contributed by atoms with van der Waals surface area (Å²) >= 11 is 0. The van der Waals surface area contributed by atoms with Crippen LogP contribution in [0, 0.1) is 6.92 Å². The van der Waals surface area contributed by atoms with E-state index in [0.29, 0.717) is 23.6 Å². The van der Waals surface area contributed by atoms with Crippen molar-refractivity contribution in [3.05, 3.63) is 58.7 Å². The van der Waals surface area contributed by atoms with E-state index in [1.807, 2.05) is 20.8 Å². The third kappa shape index (κ3) is 4.59. The Kier molecular flexibility index (Phi) is 7.83. The van der Waals surface area contributed by atoms with E-state index in [4.69, 9.17) is 9.47 Å². The van der Waals surface area contributed by atoms with Gasteiger partial charge in [-0.05, 0) is 38.2 Å². The van der Waals surface area contributed by atoms with Gasteiger partial charge >= 0.3 is 0 Å². The number of para-hydroxylation sites is 1. The first-order chi connectivity index (χ1) is 16.3. The van der Waals surface area contributed by atoms with Crippen molar-refractivity contribution in [1.29, 1.82) is 0 Å². The molecule has 1 atom stereocenters. The molecular weight excluding hydrogens is 436 g/mol. The van der Waals surface area contributed by atoms with Crippen LogP contribution in [0.1, 0.15) is 36.6 Å². The average molecular weight is 469 g/mol. The van der Waals surface area contributed by atoms with Crippen LogP contribution in [0.4, 0.5) is 0 Å². The second-order valence-corrected chi connectivity index (χ2v) is 8.12. The van der Waals surface area contributed by atoms with Gasteiger partial charge < -0.3 is 29.5 Å². The van der Waals surface area contributed by atoms with Gasteiger partial charge in [0.25, 0.3) is 11.7 Å². The fourth-order valence-corrected chi connectivity index (χ4v) is 4.33. The molecule has 3 rings (SSSR count). The second-order valence-electron chi connectivity index (χ2n) is 8.12. The van der Waals surface area contributed by atoms with Crippen molar-refractivity contribution in [3.8, 4) is 17.2 Å². The van der Waals surface area contributed by atoms with Crippen LogP contribution in [0.25, 0.3) is 5.76 Å². The number of amides is 1. The molecule has 2 N–H and O–H groups in total. The lowest BCUT2D eigenvalue weighted by Crippen LogP contribution is -2.38. The molecule has 0 spiro atoms. The molecule has 1 amide bonds. The third-order valence-electron chi connectivity index (χ3n) is 6.23. The highest BCUT2D eigenvalue weighted by Crippen LogP contribution is 2.46. The van der Waals surface area contributed by atoms with Gasteiger partial charge in [-0.1, -0.05) is 37.6 Å². The van der Waals surface area contributed by atoms with Gasteiger partial charge in [-0.25, -0.2) is 0 Å². The van der Waals surface area contributed by atoms with Crippen LogP contribution in [0.3, 0.4) is 0 Å². The number of hydrogen-bond donors (Lipinski definition) is 2. The first-order valence-electron chi connectivity index (χ1n) is 11.3. The molecule has 1 aliphatic rings. The molecule has 2 aromatic rings. The Labute approximate surface area is 200 Å². The van der Waals surface area contributed by atoms with Crippen molar-refractivity contribution in [1.82, 2.24) is 9.80 Å². The van der Waals surface area contributed by atoms with E-state index < -0.39 is 23.5 Å². The number of rotatable bonds is 9. The molecule has 8 heteroatoms. The Morgan fingerprint density at radius 2 is 1.79 bits per heavy atom. The highest BCUT2D eigenvalue weighted by atomic mass is 16.5. The number of likely N-dealkylation sites (tertiary alicyclic amines) is 1. The zero-order chi connectivity index (χ0) is 25.0. The first kappa shape index (κ1) is 25.1. The molecule has 1 aliphatic heterocycles. The zero-order valence-electron chi connectivity index (χ0n) is 20.3. The molecule has 0 aliphatic carbocycles. The number of ketones is 1. The number of aliphatic hydroxyl groups excluding tert-OH is 1. The number of aromatic hydroxyl groups is 1. The summed E-state index contributed by atoms with van der Waals surface area (Å²) in [5.74, 6) is -1.34. The van der Waals surface area contributed by atoms with Crippen LogP contribution in [0.2, 0.25) is 0 Å². The van der Waals surface area contributed by atoms with Gasteiger partial charge in [0.05, 0.1) is 31.4 Å². The molecule has 0 bridgehead atoms. The standard InChI is InChI=1S/C26H32N2O6/c1-6-27(7-2)13-14-28-22(17-9-8-10-20(33-4)25(17)34-5)21(24(31)26(28)32)23(30)18-15-16(3)11-12-19(18)29/h8-12,15,22,29-30H,6-7,13-14H2,1-5H3/t22-/m0/s1. The van der Waals surface area contributed by atoms with Crippen molar-refractivity contribution in [2.75, 3.05) is 40.4 Å². The Balaban J connectivity index is 2.25. The zero-order valence-corrected chi connectivity index (χ0v) is 20.3. The quantitative estimate of drug-likeness (QED) is 0.330. The van der Waals surface area contributed by atoms with Crippen LogP contribution in [-0.4, -0.2) is 72.1 Å². The summed E-state index contributed by atoms with van der Waals surface area (Å²) in [5.41, 5.74) is 1.28. The molecular formula is C26H32N2O6. The molecule has 0 aromatic heterocycles. The minimum atomic E-state index is -0.916. The smallest absolute Gasteiger partial charge is 0.295 e. The lowest BCUT2D eigenvalue weighted by Gasteiger charge is -2.29. The van der Waals surface area contributed by atoms with Crippen LogP contribution in [0.15, 0.2) is 42.0 Å². The maximum atomic E-state index is 13.3.